The first-order chi connectivity index (χ1) is 11.2. The lowest BCUT2D eigenvalue weighted by atomic mass is 10.1. The quantitative estimate of drug-likeness (QED) is 0.581. The zero-order valence-corrected chi connectivity index (χ0v) is 13.8. The molecule has 0 unspecified atom stereocenters. The molecule has 1 fully saturated rings. The highest BCUT2D eigenvalue weighted by Crippen LogP contribution is 2.35. The van der Waals surface area contributed by atoms with Crippen molar-refractivity contribution in [1.82, 2.24) is 10.2 Å². The molecule has 0 atom stereocenters. The SMILES string of the molecule is CCOc1cc(CCCN2CCNCC2)c([N+](=O)[O-])cc1OC. The summed E-state index contributed by atoms with van der Waals surface area (Å²) in [6, 6.07) is 3.21. The Balaban J connectivity index is 2.08. The van der Waals surface area contributed by atoms with E-state index >= 15 is 0 Å². The molecule has 23 heavy (non-hydrogen) atoms. The van der Waals surface area contributed by atoms with Crippen LogP contribution in [-0.2, 0) is 6.42 Å². The molecule has 1 aliphatic heterocycles. The van der Waals surface area contributed by atoms with Crippen LogP contribution in [0.3, 0.4) is 0 Å². The molecule has 1 aliphatic rings. The lowest BCUT2D eigenvalue weighted by molar-refractivity contribution is -0.385. The van der Waals surface area contributed by atoms with Crippen LogP contribution in [0, 0.1) is 10.1 Å². The highest BCUT2D eigenvalue weighted by molar-refractivity contribution is 5.54. The number of nitro groups is 1. The summed E-state index contributed by atoms with van der Waals surface area (Å²) in [7, 11) is 1.49. The molecule has 0 radical (unpaired) electrons. The van der Waals surface area contributed by atoms with Crippen LogP contribution in [0.1, 0.15) is 18.9 Å². The second kappa shape index (κ2) is 8.69. The fraction of sp³-hybridized carbons (Fsp3) is 0.625. The molecule has 0 aliphatic carbocycles. The van der Waals surface area contributed by atoms with Crippen LogP contribution in [0.2, 0.25) is 0 Å². The number of methoxy groups -OCH3 is 1. The minimum atomic E-state index is -0.349. The number of hydrogen-bond donors (Lipinski definition) is 1. The van der Waals surface area contributed by atoms with Crippen LogP contribution in [-0.4, -0.2) is 56.3 Å². The molecule has 7 nitrogen and oxygen atoms in total. The fourth-order valence-corrected chi connectivity index (χ4v) is 2.82. The predicted molar refractivity (Wildman–Crippen MR) is 88.4 cm³/mol. The van der Waals surface area contributed by atoms with E-state index in [0.29, 0.717) is 30.1 Å². The molecule has 128 valence electrons. The Hall–Kier alpha value is -1.86. The first-order valence-electron chi connectivity index (χ1n) is 8.07. The molecule has 0 spiro atoms. The lowest BCUT2D eigenvalue weighted by Crippen LogP contribution is -2.43. The summed E-state index contributed by atoms with van der Waals surface area (Å²) in [5.74, 6) is 0.974. The fourth-order valence-electron chi connectivity index (χ4n) is 2.82. The van der Waals surface area contributed by atoms with Gasteiger partial charge >= 0.3 is 0 Å². The summed E-state index contributed by atoms with van der Waals surface area (Å²) in [6.07, 6.45) is 1.54. The van der Waals surface area contributed by atoms with Crippen molar-refractivity contribution in [3.63, 3.8) is 0 Å². The van der Waals surface area contributed by atoms with Gasteiger partial charge in [0.05, 0.1) is 24.7 Å². The summed E-state index contributed by atoms with van der Waals surface area (Å²) >= 11 is 0. The van der Waals surface area contributed by atoms with Gasteiger partial charge in [-0.15, -0.1) is 0 Å². The van der Waals surface area contributed by atoms with E-state index in [2.05, 4.69) is 10.2 Å². The van der Waals surface area contributed by atoms with E-state index in [1.54, 1.807) is 6.07 Å². The van der Waals surface area contributed by atoms with Crippen LogP contribution in [0.4, 0.5) is 5.69 Å². The summed E-state index contributed by atoms with van der Waals surface area (Å²) in [5.41, 5.74) is 0.806. The lowest BCUT2D eigenvalue weighted by Gasteiger charge is -2.27. The second-order valence-corrected chi connectivity index (χ2v) is 5.52. The van der Waals surface area contributed by atoms with Crippen molar-refractivity contribution >= 4 is 5.69 Å². The van der Waals surface area contributed by atoms with Gasteiger partial charge in [0.2, 0.25) is 0 Å². The maximum absolute atomic E-state index is 11.3. The molecule has 1 aromatic rings. The Morgan fingerprint density at radius 3 is 2.65 bits per heavy atom. The molecular formula is C16H25N3O4. The third-order valence-corrected chi connectivity index (χ3v) is 3.99. The van der Waals surface area contributed by atoms with Gasteiger partial charge in [0.1, 0.15) is 0 Å². The number of nitrogens with zero attached hydrogens (tertiary/aromatic N) is 2. The first-order valence-corrected chi connectivity index (χ1v) is 8.07. The maximum atomic E-state index is 11.3. The zero-order valence-electron chi connectivity index (χ0n) is 13.8. The number of rotatable bonds is 8. The molecule has 0 saturated carbocycles. The number of hydrogen-bond acceptors (Lipinski definition) is 6. The van der Waals surface area contributed by atoms with Crippen molar-refractivity contribution in [2.45, 2.75) is 19.8 Å². The highest BCUT2D eigenvalue weighted by Gasteiger charge is 2.20. The molecule has 1 saturated heterocycles. The monoisotopic (exact) mass is 323 g/mol. The standard InChI is InChI=1S/C16H25N3O4/c1-3-23-16-11-13(14(19(20)21)12-15(16)22-2)5-4-8-18-9-6-17-7-10-18/h11-12,17H,3-10H2,1-2H3. The third kappa shape index (κ3) is 4.80. The van der Waals surface area contributed by atoms with E-state index in [-0.39, 0.29) is 10.6 Å². The van der Waals surface area contributed by atoms with Crippen LogP contribution in [0.25, 0.3) is 0 Å². The predicted octanol–water partition coefficient (Wildman–Crippen LogP) is 1.84. The van der Waals surface area contributed by atoms with Crippen molar-refractivity contribution in [2.24, 2.45) is 0 Å². The van der Waals surface area contributed by atoms with Crippen LogP contribution in [0.15, 0.2) is 12.1 Å². The Bertz CT molecular complexity index is 530. The zero-order chi connectivity index (χ0) is 16.7. The van der Waals surface area contributed by atoms with Gasteiger partial charge in [-0.3, -0.25) is 10.1 Å². The molecular weight excluding hydrogens is 298 g/mol. The number of benzene rings is 1. The van der Waals surface area contributed by atoms with E-state index in [9.17, 15) is 10.1 Å². The first kappa shape index (κ1) is 17.5. The van der Waals surface area contributed by atoms with Crippen molar-refractivity contribution in [3.05, 3.63) is 27.8 Å². The summed E-state index contributed by atoms with van der Waals surface area (Å²) in [6.45, 7) is 7.42. The average Bonchev–Trinajstić information content (AvgIpc) is 2.56. The van der Waals surface area contributed by atoms with Crippen LogP contribution >= 0.6 is 0 Å². The number of ether oxygens (including phenoxy) is 2. The van der Waals surface area contributed by atoms with Gasteiger partial charge in [-0.1, -0.05) is 0 Å². The largest absolute Gasteiger partial charge is 0.493 e. The molecule has 0 aromatic heterocycles. The van der Waals surface area contributed by atoms with E-state index in [1.807, 2.05) is 6.92 Å². The van der Waals surface area contributed by atoms with E-state index in [0.717, 1.165) is 39.1 Å². The molecule has 1 aromatic carbocycles. The maximum Gasteiger partial charge on any atom is 0.276 e. The normalized spacial score (nSPS) is 15.4. The van der Waals surface area contributed by atoms with Crippen molar-refractivity contribution in [1.29, 1.82) is 0 Å². The summed E-state index contributed by atoms with van der Waals surface area (Å²) in [5, 5.41) is 14.6. The van der Waals surface area contributed by atoms with Gasteiger partial charge < -0.3 is 19.7 Å². The molecule has 0 amide bonds. The minimum Gasteiger partial charge on any atom is -0.493 e. The van der Waals surface area contributed by atoms with Crippen LogP contribution in [0.5, 0.6) is 11.5 Å². The number of aryl methyl sites for hydroxylation is 1. The van der Waals surface area contributed by atoms with Crippen molar-refractivity contribution in [2.75, 3.05) is 46.4 Å². The Morgan fingerprint density at radius 1 is 1.30 bits per heavy atom. The molecule has 1 N–H and O–H groups in total. The molecule has 0 bridgehead atoms. The third-order valence-electron chi connectivity index (χ3n) is 3.99. The minimum absolute atomic E-state index is 0.102. The molecule has 1 heterocycles. The molecule has 7 heteroatoms. The van der Waals surface area contributed by atoms with Gasteiger partial charge in [-0.25, -0.2) is 0 Å². The Morgan fingerprint density at radius 2 is 2.04 bits per heavy atom. The molecule has 2 rings (SSSR count). The smallest absolute Gasteiger partial charge is 0.276 e. The number of nitro benzene ring substituents is 1. The number of nitrogens with one attached hydrogen (secondary N) is 1. The number of piperazine rings is 1. The topological polar surface area (TPSA) is 76.9 Å². The van der Waals surface area contributed by atoms with E-state index < -0.39 is 0 Å². The van der Waals surface area contributed by atoms with Crippen molar-refractivity contribution < 1.29 is 14.4 Å². The van der Waals surface area contributed by atoms with Gasteiger partial charge in [-0.2, -0.15) is 0 Å². The second-order valence-electron chi connectivity index (χ2n) is 5.52. The van der Waals surface area contributed by atoms with Crippen molar-refractivity contribution in [3.8, 4) is 11.5 Å². The van der Waals surface area contributed by atoms with Gasteiger partial charge in [0.15, 0.2) is 11.5 Å². The Kier molecular flexibility index (Phi) is 6.61. The van der Waals surface area contributed by atoms with Crippen LogP contribution < -0.4 is 14.8 Å². The van der Waals surface area contributed by atoms with E-state index in [1.165, 1.54) is 13.2 Å². The average molecular weight is 323 g/mol. The van der Waals surface area contributed by atoms with E-state index in [4.69, 9.17) is 9.47 Å². The Labute approximate surface area is 136 Å². The highest BCUT2D eigenvalue weighted by atomic mass is 16.6. The summed E-state index contributed by atoms with van der Waals surface area (Å²) in [4.78, 5) is 13.3. The van der Waals surface area contributed by atoms with Gasteiger partial charge in [-0.05, 0) is 32.4 Å². The van der Waals surface area contributed by atoms with Gasteiger partial charge in [0, 0.05) is 31.7 Å². The summed E-state index contributed by atoms with van der Waals surface area (Å²) < 4.78 is 10.7. The van der Waals surface area contributed by atoms with Gasteiger partial charge in [0.25, 0.3) is 5.69 Å².